The SMILES string of the molecule is CC1=C(C)C(C)(C)C=C2N=c3ccccc3=C21. The minimum absolute atomic E-state index is 0.120. The monoisotopic (exact) mass is 223 g/mol. The van der Waals surface area contributed by atoms with Crippen molar-refractivity contribution in [3.8, 4) is 0 Å². The minimum atomic E-state index is 0.120. The molecular formula is C16H17N. The van der Waals surface area contributed by atoms with E-state index >= 15 is 0 Å². The lowest BCUT2D eigenvalue weighted by molar-refractivity contribution is 0.566. The summed E-state index contributed by atoms with van der Waals surface area (Å²) in [6.07, 6.45) is 2.30. The highest BCUT2D eigenvalue weighted by atomic mass is 14.8. The maximum absolute atomic E-state index is 4.74. The van der Waals surface area contributed by atoms with Crippen LogP contribution in [0.2, 0.25) is 0 Å². The Labute approximate surface area is 102 Å². The molecule has 1 heteroatoms. The van der Waals surface area contributed by atoms with Gasteiger partial charge in [0.2, 0.25) is 0 Å². The van der Waals surface area contributed by atoms with Gasteiger partial charge in [-0.25, -0.2) is 4.99 Å². The van der Waals surface area contributed by atoms with Crippen LogP contribution in [0, 0.1) is 5.41 Å². The molecule has 0 fully saturated rings. The molecule has 0 saturated heterocycles. The third-order valence-corrected chi connectivity index (χ3v) is 4.07. The normalized spacial score (nSPS) is 20.7. The van der Waals surface area contributed by atoms with E-state index in [2.05, 4.69) is 58.0 Å². The molecule has 1 aliphatic carbocycles. The van der Waals surface area contributed by atoms with Crippen LogP contribution in [0.25, 0.3) is 5.57 Å². The molecule has 86 valence electrons. The highest BCUT2D eigenvalue weighted by Crippen LogP contribution is 2.41. The summed E-state index contributed by atoms with van der Waals surface area (Å²) in [6.45, 7) is 8.97. The van der Waals surface area contributed by atoms with Crippen LogP contribution >= 0.6 is 0 Å². The topological polar surface area (TPSA) is 12.4 Å². The molecular weight excluding hydrogens is 206 g/mol. The van der Waals surface area contributed by atoms with Crippen LogP contribution in [-0.4, -0.2) is 0 Å². The Bertz CT molecular complexity index is 684. The summed E-state index contributed by atoms with van der Waals surface area (Å²) in [6, 6.07) is 8.41. The van der Waals surface area contributed by atoms with E-state index in [1.54, 1.807) is 0 Å². The van der Waals surface area contributed by atoms with Crippen LogP contribution < -0.4 is 10.6 Å². The largest absolute Gasteiger partial charge is 0.248 e. The number of hydrogen-bond acceptors (Lipinski definition) is 1. The Morgan fingerprint density at radius 2 is 1.76 bits per heavy atom. The third-order valence-electron chi connectivity index (χ3n) is 4.07. The maximum Gasteiger partial charge on any atom is 0.0716 e. The lowest BCUT2D eigenvalue weighted by Crippen LogP contribution is -2.24. The first-order valence-corrected chi connectivity index (χ1v) is 6.10. The number of rotatable bonds is 0. The first-order chi connectivity index (χ1) is 8.00. The van der Waals surface area contributed by atoms with E-state index < -0.39 is 0 Å². The van der Waals surface area contributed by atoms with E-state index in [-0.39, 0.29) is 5.41 Å². The molecule has 1 aromatic carbocycles. The Morgan fingerprint density at radius 3 is 2.53 bits per heavy atom. The second kappa shape index (κ2) is 3.19. The van der Waals surface area contributed by atoms with Gasteiger partial charge in [0.15, 0.2) is 0 Å². The number of para-hydroxylation sites is 1. The van der Waals surface area contributed by atoms with Crippen LogP contribution in [0.5, 0.6) is 0 Å². The van der Waals surface area contributed by atoms with Gasteiger partial charge >= 0.3 is 0 Å². The molecule has 3 rings (SSSR count). The summed E-state index contributed by atoms with van der Waals surface area (Å²) in [5.74, 6) is 0. The van der Waals surface area contributed by atoms with E-state index in [9.17, 15) is 0 Å². The molecule has 0 atom stereocenters. The lowest BCUT2D eigenvalue weighted by Gasteiger charge is -2.30. The first-order valence-electron chi connectivity index (χ1n) is 6.10. The van der Waals surface area contributed by atoms with Gasteiger partial charge in [0, 0.05) is 16.2 Å². The van der Waals surface area contributed by atoms with Crippen LogP contribution in [0.1, 0.15) is 27.7 Å². The molecule has 1 heterocycles. The predicted octanol–water partition coefficient (Wildman–Crippen LogP) is 2.73. The smallest absolute Gasteiger partial charge is 0.0716 e. The fourth-order valence-corrected chi connectivity index (χ4v) is 2.73. The van der Waals surface area contributed by atoms with Gasteiger partial charge in [-0.2, -0.15) is 0 Å². The van der Waals surface area contributed by atoms with E-state index in [0.29, 0.717) is 0 Å². The average Bonchev–Trinajstić information content (AvgIpc) is 2.63. The van der Waals surface area contributed by atoms with Crippen molar-refractivity contribution in [3.63, 3.8) is 0 Å². The fourth-order valence-electron chi connectivity index (χ4n) is 2.73. The van der Waals surface area contributed by atoms with E-state index in [1.807, 2.05) is 0 Å². The molecule has 0 N–H and O–H groups in total. The third kappa shape index (κ3) is 1.35. The second-order valence-corrected chi connectivity index (χ2v) is 5.51. The summed E-state index contributed by atoms with van der Waals surface area (Å²) >= 11 is 0. The molecule has 0 bridgehead atoms. The highest BCUT2D eigenvalue weighted by molar-refractivity contribution is 5.81. The quantitative estimate of drug-likeness (QED) is 0.641. The molecule has 1 aromatic rings. The van der Waals surface area contributed by atoms with Gasteiger partial charge in [-0.3, -0.25) is 0 Å². The van der Waals surface area contributed by atoms with Crippen molar-refractivity contribution in [2.24, 2.45) is 10.4 Å². The number of fused-ring (bicyclic) bond motifs is 2. The zero-order valence-electron chi connectivity index (χ0n) is 10.8. The number of benzene rings is 1. The molecule has 0 amide bonds. The van der Waals surface area contributed by atoms with Gasteiger partial charge in [-0.1, -0.05) is 37.6 Å². The maximum atomic E-state index is 4.74. The summed E-state index contributed by atoms with van der Waals surface area (Å²) in [5.41, 5.74) is 5.44. The first kappa shape index (κ1) is 10.5. The number of allylic oxidation sites excluding steroid dienone is 3. The van der Waals surface area contributed by atoms with Crippen molar-refractivity contribution >= 4 is 5.57 Å². The Morgan fingerprint density at radius 1 is 1.06 bits per heavy atom. The second-order valence-electron chi connectivity index (χ2n) is 5.51. The molecule has 0 aromatic heterocycles. The molecule has 0 radical (unpaired) electrons. The molecule has 0 unspecified atom stereocenters. The standard InChI is InChI=1S/C16H17N/c1-10-11(2)16(3,4)9-14-15(10)12-7-5-6-8-13(12)17-14/h5-9H,1-4H3. The Hall–Kier alpha value is -1.63. The summed E-state index contributed by atoms with van der Waals surface area (Å²) in [5, 5.41) is 2.39. The average molecular weight is 223 g/mol. The highest BCUT2D eigenvalue weighted by Gasteiger charge is 2.29. The Kier molecular flexibility index (Phi) is 1.97. The van der Waals surface area contributed by atoms with Crippen LogP contribution in [0.4, 0.5) is 0 Å². The molecule has 0 saturated carbocycles. The van der Waals surface area contributed by atoms with E-state index in [0.717, 1.165) is 11.1 Å². The molecule has 1 aliphatic heterocycles. The summed E-state index contributed by atoms with van der Waals surface area (Å²) in [7, 11) is 0. The number of hydrogen-bond donors (Lipinski definition) is 0. The zero-order chi connectivity index (χ0) is 12.2. The van der Waals surface area contributed by atoms with Gasteiger partial charge < -0.3 is 0 Å². The van der Waals surface area contributed by atoms with Crippen molar-refractivity contribution in [1.29, 1.82) is 0 Å². The number of nitrogens with zero attached hydrogens (tertiary/aromatic N) is 1. The van der Waals surface area contributed by atoms with Crippen molar-refractivity contribution in [2.45, 2.75) is 27.7 Å². The Balaban J connectivity index is 2.44. The minimum Gasteiger partial charge on any atom is -0.248 e. The van der Waals surface area contributed by atoms with Crippen LogP contribution in [0.15, 0.2) is 52.2 Å². The van der Waals surface area contributed by atoms with Gasteiger partial charge in [0.1, 0.15) is 0 Å². The van der Waals surface area contributed by atoms with Gasteiger partial charge in [0.25, 0.3) is 0 Å². The zero-order valence-corrected chi connectivity index (χ0v) is 10.8. The molecule has 2 aliphatic rings. The van der Waals surface area contributed by atoms with Gasteiger partial charge in [-0.05, 0) is 31.6 Å². The summed E-state index contributed by atoms with van der Waals surface area (Å²) < 4.78 is 0. The molecule has 1 nitrogen and oxygen atoms in total. The molecule has 0 spiro atoms. The van der Waals surface area contributed by atoms with Crippen molar-refractivity contribution in [3.05, 3.63) is 57.8 Å². The fraction of sp³-hybridized carbons (Fsp3) is 0.312. The lowest BCUT2D eigenvalue weighted by atomic mass is 9.75. The summed E-state index contributed by atoms with van der Waals surface area (Å²) in [4.78, 5) is 4.74. The molecule has 17 heavy (non-hydrogen) atoms. The predicted molar refractivity (Wildman–Crippen MR) is 70.9 cm³/mol. The van der Waals surface area contributed by atoms with E-state index in [4.69, 9.17) is 4.99 Å². The van der Waals surface area contributed by atoms with Crippen molar-refractivity contribution in [2.75, 3.05) is 0 Å². The van der Waals surface area contributed by atoms with Crippen LogP contribution in [0.3, 0.4) is 0 Å². The van der Waals surface area contributed by atoms with E-state index in [1.165, 1.54) is 21.9 Å². The van der Waals surface area contributed by atoms with Gasteiger partial charge in [-0.15, -0.1) is 0 Å². The van der Waals surface area contributed by atoms with Crippen LogP contribution in [-0.2, 0) is 0 Å². The van der Waals surface area contributed by atoms with Crippen molar-refractivity contribution in [1.82, 2.24) is 0 Å². The van der Waals surface area contributed by atoms with Gasteiger partial charge in [0.05, 0.1) is 11.1 Å². The van der Waals surface area contributed by atoms with Crippen molar-refractivity contribution < 1.29 is 0 Å².